The van der Waals surface area contributed by atoms with E-state index in [0.717, 1.165) is 17.7 Å². The van der Waals surface area contributed by atoms with Gasteiger partial charge in [-0.3, -0.25) is 0 Å². The summed E-state index contributed by atoms with van der Waals surface area (Å²) in [6.45, 7) is 4.56. The zero-order valence-electron chi connectivity index (χ0n) is 12.3. The first-order valence-electron chi connectivity index (χ1n) is 7.09. The first kappa shape index (κ1) is 15.8. The van der Waals surface area contributed by atoms with Gasteiger partial charge in [-0.1, -0.05) is 29.8 Å². The lowest BCUT2D eigenvalue weighted by Gasteiger charge is -2.25. The lowest BCUT2D eigenvalue weighted by atomic mass is 10.1. The summed E-state index contributed by atoms with van der Waals surface area (Å²) in [5.74, 6) is -0.255. The van der Waals surface area contributed by atoms with Crippen LogP contribution < -0.4 is 10.6 Å². The van der Waals surface area contributed by atoms with Crippen LogP contribution >= 0.6 is 11.6 Å². The summed E-state index contributed by atoms with van der Waals surface area (Å²) in [6, 6.07) is 12.6. The first-order chi connectivity index (χ1) is 10.0. The number of nitrogens with zero attached hydrogens (tertiary/aromatic N) is 1. The standard InChI is InChI=1S/C17H20ClFN2/c1-3-21(17-7-5-4-6-15(17)19)16-9-8-13(10-12(2)20)11-14(16)18/h4-9,11-12H,3,10,20H2,1-2H3. The van der Waals surface area contributed by atoms with Crippen molar-refractivity contribution in [3.05, 3.63) is 58.9 Å². The largest absolute Gasteiger partial charge is 0.338 e. The predicted molar refractivity (Wildman–Crippen MR) is 87.9 cm³/mol. The van der Waals surface area contributed by atoms with Gasteiger partial charge in [0, 0.05) is 12.6 Å². The van der Waals surface area contributed by atoms with Gasteiger partial charge in [-0.05, 0) is 50.1 Å². The molecule has 0 aromatic heterocycles. The average molecular weight is 307 g/mol. The SMILES string of the molecule is CCN(c1ccccc1F)c1ccc(CC(C)N)cc1Cl. The summed E-state index contributed by atoms with van der Waals surface area (Å²) in [4.78, 5) is 1.87. The van der Waals surface area contributed by atoms with Crippen LogP contribution in [0.4, 0.5) is 15.8 Å². The molecule has 0 spiro atoms. The number of nitrogens with two attached hydrogens (primary N) is 1. The Morgan fingerprint density at radius 2 is 1.90 bits per heavy atom. The summed E-state index contributed by atoms with van der Waals surface area (Å²) < 4.78 is 14.0. The number of benzene rings is 2. The highest BCUT2D eigenvalue weighted by Gasteiger charge is 2.15. The van der Waals surface area contributed by atoms with E-state index < -0.39 is 0 Å². The lowest BCUT2D eigenvalue weighted by Crippen LogP contribution is -2.19. The summed E-state index contributed by atoms with van der Waals surface area (Å²) >= 11 is 6.38. The van der Waals surface area contributed by atoms with E-state index in [1.807, 2.05) is 43.0 Å². The first-order valence-corrected chi connectivity index (χ1v) is 7.46. The molecule has 0 amide bonds. The highest BCUT2D eigenvalue weighted by Crippen LogP contribution is 2.33. The Hall–Kier alpha value is -1.58. The van der Waals surface area contributed by atoms with Crippen molar-refractivity contribution < 1.29 is 4.39 Å². The lowest BCUT2D eigenvalue weighted by molar-refractivity contribution is 0.625. The average Bonchev–Trinajstić information content (AvgIpc) is 2.43. The van der Waals surface area contributed by atoms with Crippen molar-refractivity contribution in [1.82, 2.24) is 0 Å². The van der Waals surface area contributed by atoms with Crippen LogP contribution in [0.2, 0.25) is 5.02 Å². The Bertz CT molecular complexity index is 613. The highest BCUT2D eigenvalue weighted by atomic mass is 35.5. The van der Waals surface area contributed by atoms with Gasteiger partial charge < -0.3 is 10.6 Å². The molecule has 1 atom stereocenters. The zero-order chi connectivity index (χ0) is 15.4. The van der Waals surface area contributed by atoms with E-state index >= 15 is 0 Å². The van der Waals surface area contributed by atoms with Crippen LogP contribution in [-0.2, 0) is 6.42 Å². The van der Waals surface area contributed by atoms with E-state index in [1.165, 1.54) is 6.07 Å². The summed E-state index contributed by atoms with van der Waals surface area (Å²) in [5, 5.41) is 0.609. The normalized spacial score (nSPS) is 12.2. The molecule has 2 rings (SSSR count). The molecule has 2 aromatic rings. The number of hydrogen-bond acceptors (Lipinski definition) is 2. The van der Waals surface area contributed by atoms with E-state index in [9.17, 15) is 4.39 Å². The Morgan fingerprint density at radius 3 is 2.48 bits per heavy atom. The van der Waals surface area contributed by atoms with Crippen LogP contribution in [0.1, 0.15) is 19.4 Å². The van der Waals surface area contributed by atoms with Gasteiger partial charge >= 0.3 is 0 Å². The van der Waals surface area contributed by atoms with Crippen molar-refractivity contribution in [2.75, 3.05) is 11.4 Å². The second kappa shape index (κ2) is 6.92. The molecule has 0 aliphatic carbocycles. The predicted octanol–water partition coefficient (Wildman–Crippen LogP) is 4.53. The molecule has 0 radical (unpaired) electrons. The summed E-state index contributed by atoms with van der Waals surface area (Å²) in [7, 11) is 0. The Kier molecular flexibility index (Phi) is 5.21. The van der Waals surface area contributed by atoms with Gasteiger partial charge in [0.15, 0.2) is 0 Å². The molecule has 4 heteroatoms. The highest BCUT2D eigenvalue weighted by molar-refractivity contribution is 6.33. The topological polar surface area (TPSA) is 29.3 Å². The van der Waals surface area contributed by atoms with Crippen LogP contribution in [0.3, 0.4) is 0 Å². The smallest absolute Gasteiger partial charge is 0.146 e. The summed E-state index contributed by atoms with van der Waals surface area (Å²) in [6.07, 6.45) is 0.770. The molecular formula is C17H20ClFN2. The molecule has 0 fully saturated rings. The quantitative estimate of drug-likeness (QED) is 0.879. The fourth-order valence-electron chi connectivity index (χ4n) is 2.41. The van der Waals surface area contributed by atoms with Gasteiger partial charge in [0.05, 0.1) is 16.4 Å². The van der Waals surface area contributed by atoms with Crippen molar-refractivity contribution >= 4 is 23.0 Å². The van der Waals surface area contributed by atoms with Crippen molar-refractivity contribution in [2.45, 2.75) is 26.3 Å². The third-order valence-corrected chi connectivity index (χ3v) is 3.62. The number of halogens is 2. The maximum Gasteiger partial charge on any atom is 0.146 e. The van der Waals surface area contributed by atoms with E-state index in [2.05, 4.69) is 0 Å². The van der Waals surface area contributed by atoms with Crippen molar-refractivity contribution in [1.29, 1.82) is 0 Å². The van der Waals surface area contributed by atoms with Crippen molar-refractivity contribution in [2.24, 2.45) is 5.73 Å². The van der Waals surface area contributed by atoms with Gasteiger partial charge in [-0.2, -0.15) is 0 Å². The molecule has 2 aromatic carbocycles. The number of para-hydroxylation sites is 1. The molecule has 0 aliphatic heterocycles. The van der Waals surface area contributed by atoms with Gasteiger partial charge in [-0.15, -0.1) is 0 Å². The van der Waals surface area contributed by atoms with E-state index in [4.69, 9.17) is 17.3 Å². The molecule has 2 nitrogen and oxygen atoms in total. The maximum atomic E-state index is 14.0. The second-order valence-corrected chi connectivity index (χ2v) is 5.57. The molecular weight excluding hydrogens is 287 g/mol. The van der Waals surface area contributed by atoms with Crippen LogP contribution in [0.15, 0.2) is 42.5 Å². The van der Waals surface area contributed by atoms with Crippen LogP contribution in [0.5, 0.6) is 0 Å². The fraction of sp³-hybridized carbons (Fsp3) is 0.294. The molecule has 2 N–H and O–H groups in total. The molecule has 1 unspecified atom stereocenters. The van der Waals surface area contributed by atoms with E-state index in [0.29, 0.717) is 17.3 Å². The second-order valence-electron chi connectivity index (χ2n) is 5.16. The van der Waals surface area contributed by atoms with Gasteiger partial charge in [0.25, 0.3) is 0 Å². The van der Waals surface area contributed by atoms with E-state index in [-0.39, 0.29) is 11.9 Å². The monoisotopic (exact) mass is 306 g/mol. The van der Waals surface area contributed by atoms with Crippen LogP contribution in [-0.4, -0.2) is 12.6 Å². The van der Waals surface area contributed by atoms with Crippen LogP contribution in [0, 0.1) is 5.82 Å². The minimum atomic E-state index is -0.255. The molecule has 0 saturated carbocycles. The van der Waals surface area contributed by atoms with Crippen molar-refractivity contribution in [3.63, 3.8) is 0 Å². The Labute approximate surface area is 130 Å². The minimum Gasteiger partial charge on any atom is -0.338 e. The molecule has 0 aliphatic rings. The molecule has 0 bridgehead atoms. The molecule has 0 saturated heterocycles. The maximum absolute atomic E-state index is 14.0. The van der Waals surface area contributed by atoms with E-state index in [1.54, 1.807) is 12.1 Å². The van der Waals surface area contributed by atoms with Crippen LogP contribution in [0.25, 0.3) is 0 Å². The molecule has 112 valence electrons. The van der Waals surface area contributed by atoms with Gasteiger partial charge in [0.2, 0.25) is 0 Å². The van der Waals surface area contributed by atoms with Crippen molar-refractivity contribution in [3.8, 4) is 0 Å². The minimum absolute atomic E-state index is 0.0840. The number of anilines is 2. The third kappa shape index (κ3) is 3.74. The third-order valence-electron chi connectivity index (χ3n) is 3.32. The Balaban J connectivity index is 2.37. The number of rotatable bonds is 5. The zero-order valence-corrected chi connectivity index (χ0v) is 13.1. The summed E-state index contributed by atoms with van der Waals surface area (Å²) in [5.41, 5.74) is 8.23. The molecule has 21 heavy (non-hydrogen) atoms. The molecule has 0 heterocycles. The van der Waals surface area contributed by atoms with Gasteiger partial charge in [-0.25, -0.2) is 4.39 Å². The number of hydrogen-bond donors (Lipinski definition) is 1. The fourth-order valence-corrected chi connectivity index (χ4v) is 2.71. The van der Waals surface area contributed by atoms with Gasteiger partial charge in [0.1, 0.15) is 5.82 Å². The Morgan fingerprint density at radius 1 is 1.19 bits per heavy atom.